The van der Waals surface area contributed by atoms with Crippen molar-refractivity contribution < 1.29 is 9.84 Å². The van der Waals surface area contributed by atoms with Crippen molar-refractivity contribution in [2.24, 2.45) is 0 Å². The first-order valence-corrected chi connectivity index (χ1v) is 5.31. The number of likely N-dealkylation sites (tertiary alicyclic amines) is 1. The summed E-state index contributed by atoms with van der Waals surface area (Å²) in [6, 6.07) is 7.44. The van der Waals surface area contributed by atoms with Gasteiger partial charge in [-0.05, 0) is 24.1 Å². The van der Waals surface area contributed by atoms with Gasteiger partial charge in [0.2, 0.25) is 0 Å². The van der Waals surface area contributed by atoms with Crippen LogP contribution in [0.15, 0.2) is 24.3 Å². The fourth-order valence-electron chi connectivity index (χ4n) is 2.05. The Bertz CT molecular complexity index is 327. The molecule has 3 heteroatoms. The average molecular weight is 207 g/mol. The monoisotopic (exact) mass is 207 g/mol. The molecule has 1 aromatic rings. The lowest BCUT2D eigenvalue weighted by Gasteiger charge is -2.15. The van der Waals surface area contributed by atoms with Crippen molar-refractivity contribution in [3.8, 4) is 5.75 Å². The standard InChI is InChI=1S/C12H17NO2/c1-15-12-5-6-13(9-12)8-10-3-2-4-11(14)7-10/h2-4,7,12,14H,5-6,8-9H2,1H3. The molecule has 1 heterocycles. The van der Waals surface area contributed by atoms with Gasteiger partial charge in [-0.1, -0.05) is 12.1 Å². The van der Waals surface area contributed by atoms with Crippen molar-refractivity contribution in [1.82, 2.24) is 4.90 Å². The van der Waals surface area contributed by atoms with Crippen LogP contribution < -0.4 is 0 Å². The fraction of sp³-hybridized carbons (Fsp3) is 0.500. The largest absolute Gasteiger partial charge is 0.508 e. The summed E-state index contributed by atoms with van der Waals surface area (Å²) >= 11 is 0. The first-order chi connectivity index (χ1) is 7.28. The molecule has 82 valence electrons. The van der Waals surface area contributed by atoms with E-state index in [0.29, 0.717) is 11.9 Å². The number of benzene rings is 1. The molecule has 1 atom stereocenters. The zero-order valence-electron chi connectivity index (χ0n) is 9.02. The van der Waals surface area contributed by atoms with E-state index < -0.39 is 0 Å². The normalized spacial score (nSPS) is 22.1. The molecule has 1 saturated heterocycles. The second-order valence-electron chi connectivity index (χ2n) is 4.05. The van der Waals surface area contributed by atoms with Gasteiger partial charge in [0, 0.05) is 26.7 Å². The summed E-state index contributed by atoms with van der Waals surface area (Å²) in [6.45, 7) is 2.97. The van der Waals surface area contributed by atoms with Crippen molar-refractivity contribution in [3.63, 3.8) is 0 Å². The van der Waals surface area contributed by atoms with Crippen LogP contribution in [0.2, 0.25) is 0 Å². The Morgan fingerprint density at radius 3 is 3.07 bits per heavy atom. The Kier molecular flexibility index (Phi) is 3.23. The molecule has 1 fully saturated rings. The van der Waals surface area contributed by atoms with Crippen LogP contribution in [0.25, 0.3) is 0 Å². The molecule has 15 heavy (non-hydrogen) atoms. The second kappa shape index (κ2) is 4.64. The van der Waals surface area contributed by atoms with E-state index in [1.54, 1.807) is 13.2 Å². The van der Waals surface area contributed by atoms with Crippen LogP contribution in [0.4, 0.5) is 0 Å². The third-order valence-electron chi connectivity index (χ3n) is 2.88. The number of methoxy groups -OCH3 is 1. The van der Waals surface area contributed by atoms with Crippen molar-refractivity contribution in [2.75, 3.05) is 20.2 Å². The lowest BCUT2D eigenvalue weighted by molar-refractivity contribution is 0.107. The lowest BCUT2D eigenvalue weighted by Crippen LogP contribution is -2.22. The molecule has 1 unspecified atom stereocenters. The fourth-order valence-corrected chi connectivity index (χ4v) is 2.05. The molecule has 1 aliphatic rings. The minimum atomic E-state index is 0.343. The SMILES string of the molecule is COC1CCN(Cc2cccc(O)c2)C1. The maximum Gasteiger partial charge on any atom is 0.115 e. The molecule has 3 nitrogen and oxygen atoms in total. The summed E-state index contributed by atoms with van der Waals surface area (Å²) in [4.78, 5) is 2.35. The number of nitrogens with zero attached hydrogens (tertiary/aromatic N) is 1. The van der Waals surface area contributed by atoms with Gasteiger partial charge in [0.25, 0.3) is 0 Å². The minimum absolute atomic E-state index is 0.343. The Hall–Kier alpha value is -1.06. The van der Waals surface area contributed by atoms with Gasteiger partial charge in [-0.15, -0.1) is 0 Å². The minimum Gasteiger partial charge on any atom is -0.508 e. The van der Waals surface area contributed by atoms with E-state index in [0.717, 1.165) is 31.6 Å². The van der Waals surface area contributed by atoms with E-state index in [2.05, 4.69) is 4.90 Å². The highest BCUT2D eigenvalue weighted by atomic mass is 16.5. The Balaban J connectivity index is 1.92. The van der Waals surface area contributed by atoms with Gasteiger partial charge in [0.1, 0.15) is 5.75 Å². The van der Waals surface area contributed by atoms with E-state index in [9.17, 15) is 5.11 Å². The van der Waals surface area contributed by atoms with Gasteiger partial charge in [-0.2, -0.15) is 0 Å². The van der Waals surface area contributed by atoms with E-state index in [1.807, 2.05) is 18.2 Å². The molecule has 1 N–H and O–H groups in total. The molecule has 0 amide bonds. The molecule has 0 saturated carbocycles. The first-order valence-electron chi connectivity index (χ1n) is 5.31. The summed E-state index contributed by atoms with van der Waals surface area (Å²) in [7, 11) is 1.77. The number of rotatable bonds is 3. The van der Waals surface area contributed by atoms with Gasteiger partial charge in [-0.3, -0.25) is 4.90 Å². The average Bonchev–Trinajstić information content (AvgIpc) is 2.65. The topological polar surface area (TPSA) is 32.7 Å². The summed E-state index contributed by atoms with van der Waals surface area (Å²) in [5.74, 6) is 0.343. The van der Waals surface area contributed by atoms with Crippen LogP contribution in [0.5, 0.6) is 5.75 Å². The Morgan fingerprint density at radius 1 is 1.53 bits per heavy atom. The highest BCUT2D eigenvalue weighted by Gasteiger charge is 2.21. The molecule has 0 bridgehead atoms. The number of aromatic hydroxyl groups is 1. The third-order valence-corrected chi connectivity index (χ3v) is 2.88. The predicted octanol–water partition coefficient (Wildman–Crippen LogP) is 1.61. The molecule has 0 spiro atoms. The third kappa shape index (κ3) is 2.70. The number of hydrogen-bond donors (Lipinski definition) is 1. The van der Waals surface area contributed by atoms with Crippen LogP contribution in [-0.2, 0) is 11.3 Å². The lowest BCUT2D eigenvalue weighted by atomic mass is 10.2. The summed E-state index contributed by atoms with van der Waals surface area (Å²) in [5.41, 5.74) is 1.16. The molecular formula is C12H17NO2. The van der Waals surface area contributed by atoms with Gasteiger partial charge >= 0.3 is 0 Å². The van der Waals surface area contributed by atoms with E-state index in [-0.39, 0.29) is 0 Å². The molecule has 1 aliphatic heterocycles. The van der Waals surface area contributed by atoms with Crippen LogP contribution in [0, 0.1) is 0 Å². The van der Waals surface area contributed by atoms with Gasteiger partial charge < -0.3 is 9.84 Å². The smallest absolute Gasteiger partial charge is 0.115 e. The number of phenolic OH excluding ortho intramolecular Hbond substituents is 1. The van der Waals surface area contributed by atoms with E-state index in [4.69, 9.17) is 4.74 Å². The number of hydrogen-bond acceptors (Lipinski definition) is 3. The summed E-state index contributed by atoms with van der Waals surface area (Å²) in [6.07, 6.45) is 1.48. The van der Waals surface area contributed by atoms with Crippen molar-refractivity contribution in [1.29, 1.82) is 0 Å². The van der Waals surface area contributed by atoms with Crippen molar-refractivity contribution in [2.45, 2.75) is 19.1 Å². The second-order valence-corrected chi connectivity index (χ2v) is 4.05. The maximum atomic E-state index is 9.34. The van der Waals surface area contributed by atoms with Crippen molar-refractivity contribution in [3.05, 3.63) is 29.8 Å². The number of phenols is 1. The van der Waals surface area contributed by atoms with Gasteiger partial charge in [0.15, 0.2) is 0 Å². The van der Waals surface area contributed by atoms with Crippen LogP contribution in [-0.4, -0.2) is 36.3 Å². The zero-order valence-corrected chi connectivity index (χ0v) is 9.02. The van der Waals surface area contributed by atoms with Gasteiger partial charge in [0.05, 0.1) is 6.10 Å². The molecular weight excluding hydrogens is 190 g/mol. The van der Waals surface area contributed by atoms with E-state index >= 15 is 0 Å². The van der Waals surface area contributed by atoms with Crippen LogP contribution >= 0.6 is 0 Å². The van der Waals surface area contributed by atoms with Crippen LogP contribution in [0.3, 0.4) is 0 Å². The highest BCUT2D eigenvalue weighted by Crippen LogP contribution is 2.17. The Labute approximate surface area is 90.3 Å². The highest BCUT2D eigenvalue weighted by molar-refractivity contribution is 5.27. The molecule has 0 aliphatic carbocycles. The number of ether oxygens (including phenoxy) is 1. The zero-order chi connectivity index (χ0) is 10.7. The summed E-state index contributed by atoms with van der Waals surface area (Å²) < 4.78 is 5.31. The predicted molar refractivity (Wildman–Crippen MR) is 58.8 cm³/mol. The Morgan fingerprint density at radius 2 is 2.40 bits per heavy atom. The van der Waals surface area contributed by atoms with Gasteiger partial charge in [-0.25, -0.2) is 0 Å². The molecule has 1 aromatic carbocycles. The maximum absolute atomic E-state index is 9.34. The molecule has 2 rings (SSSR count). The quantitative estimate of drug-likeness (QED) is 0.817. The summed E-state index contributed by atoms with van der Waals surface area (Å²) in [5, 5.41) is 9.34. The molecule has 0 radical (unpaired) electrons. The first kappa shape index (κ1) is 10.5. The van der Waals surface area contributed by atoms with Crippen LogP contribution in [0.1, 0.15) is 12.0 Å². The van der Waals surface area contributed by atoms with Crippen molar-refractivity contribution >= 4 is 0 Å². The molecule has 0 aromatic heterocycles. The van der Waals surface area contributed by atoms with E-state index in [1.165, 1.54) is 0 Å².